The molecule has 0 aromatic carbocycles. The smallest absolute Gasteiger partial charge is 0.115 e. The number of aromatic nitrogens is 2. The molecule has 1 aliphatic carbocycles. The van der Waals surface area contributed by atoms with E-state index in [2.05, 4.69) is 33.6 Å². The largest absolute Gasteiger partial charge is 0.317 e. The summed E-state index contributed by atoms with van der Waals surface area (Å²) in [6.45, 7) is 5.79. The van der Waals surface area contributed by atoms with E-state index in [1.807, 2.05) is 12.4 Å². The molecule has 1 aromatic rings. The van der Waals surface area contributed by atoms with E-state index >= 15 is 0 Å². The van der Waals surface area contributed by atoms with Crippen LogP contribution in [0.15, 0.2) is 24.3 Å². The molecule has 0 bridgehead atoms. The van der Waals surface area contributed by atoms with Gasteiger partial charge in [-0.2, -0.15) is 0 Å². The molecule has 20 heavy (non-hydrogen) atoms. The van der Waals surface area contributed by atoms with Crippen LogP contribution in [0.5, 0.6) is 0 Å². The fourth-order valence-corrected chi connectivity index (χ4v) is 3.08. The topological polar surface area (TPSA) is 49.8 Å². The predicted octanol–water partition coefficient (Wildman–Crippen LogP) is 1.86. The molecule has 2 N–H and O–H groups in total. The van der Waals surface area contributed by atoms with Crippen molar-refractivity contribution in [2.45, 2.75) is 32.2 Å². The van der Waals surface area contributed by atoms with E-state index in [4.69, 9.17) is 0 Å². The lowest BCUT2D eigenvalue weighted by Gasteiger charge is -2.22. The van der Waals surface area contributed by atoms with Crippen molar-refractivity contribution in [3.8, 4) is 0 Å². The number of hydrogen-bond donors (Lipinski definition) is 2. The third-order valence-corrected chi connectivity index (χ3v) is 4.48. The van der Waals surface area contributed by atoms with Crippen molar-refractivity contribution in [2.24, 2.45) is 11.8 Å². The van der Waals surface area contributed by atoms with Crippen LogP contribution in [0.2, 0.25) is 0 Å². The number of rotatable bonds is 5. The van der Waals surface area contributed by atoms with Gasteiger partial charge in [-0.25, -0.2) is 9.97 Å². The Morgan fingerprint density at radius 2 is 2.10 bits per heavy atom. The molecule has 4 heteroatoms. The minimum Gasteiger partial charge on any atom is -0.317 e. The van der Waals surface area contributed by atoms with E-state index in [1.165, 1.54) is 44.5 Å². The third-order valence-electron chi connectivity index (χ3n) is 4.48. The molecule has 2 atom stereocenters. The van der Waals surface area contributed by atoms with Gasteiger partial charge in [-0.15, -0.1) is 0 Å². The molecule has 0 radical (unpaired) electrons. The fraction of sp³-hybridized carbons (Fsp3) is 0.625. The first-order valence-corrected chi connectivity index (χ1v) is 7.70. The molecule has 1 aromatic heterocycles. The Kier molecular flexibility index (Phi) is 4.43. The highest BCUT2D eigenvalue weighted by molar-refractivity contribution is 5.52. The van der Waals surface area contributed by atoms with Crippen molar-refractivity contribution >= 4 is 6.08 Å². The third kappa shape index (κ3) is 3.64. The Labute approximate surface area is 121 Å². The highest BCUT2D eigenvalue weighted by atomic mass is 15.0. The number of hydrogen-bond acceptors (Lipinski definition) is 4. The minimum atomic E-state index is 0.686. The maximum atomic E-state index is 4.06. The Morgan fingerprint density at radius 1 is 1.35 bits per heavy atom. The Balaban J connectivity index is 1.45. The SMILES string of the molecule is C/C(=C\c1cncnc1)C1CC1NCC1CCNCC1. The summed E-state index contributed by atoms with van der Waals surface area (Å²) in [6.07, 6.45) is 11.5. The van der Waals surface area contributed by atoms with Crippen molar-refractivity contribution in [3.63, 3.8) is 0 Å². The highest BCUT2D eigenvalue weighted by Crippen LogP contribution is 2.38. The maximum absolute atomic E-state index is 4.06. The molecule has 3 rings (SSSR count). The van der Waals surface area contributed by atoms with Crippen LogP contribution in [0.25, 0.3) is 6.08 Å². The van der Waals surface area contributed by atoms with Gasteiger partial charge in [0.1, 0.15) is 6.33 Å². The van der Waals surface area contributed by atoms with Crippen LogP contribution in [-0.4, -0.2) is 35.6 Å². The molecule has 4 nitrogen and oxygen atoms in total. The highest BCUT2D eigenvalue weighted by Gasteiger charge is 2.37. The van der Waals surface area contributed by atoms with Crippen molar-refractivity contribution in [3.05, 3.63) is 29.9 Å². The predicted molar refractivity (Wildman–Crippen MR) is 81.2 cm³/mol. The summed E-state index contributed by atoms with van der Waals surface area (Å²) in [6, 6.07) is 0.686. The number of piperidine rings is 1. The zero-order chi connectivity index (χ0) is 13.8. The van der Waals surface area contributed by atoms with Gasteiger partial charge in [0.25, 0.3) is 0 Å². The lowest BCUT2D eigenvalue weighted by Crippen LogP contribution is -2.34. The van der Waals surface area contributed by atoms with Crippen LogP contribution in [0, 0.1) is 11.8 Å². The number of nitrogens with zero attached hydrogens (tertiary/aromatic N) is 2. The Bertz CT molecular complexity index is 451. The molecule has 2 heterocycles. The molecule has 0 amide bonds. The second-order valence-corrected chi connectivity index (χ2v) is 6.11. The molecule has 2 unspecified atom stereocenters. The van der Waals surface area contributed by atoms with Crippen LogP contribution in [0.1, 0.15) is 31.7 Å². The Morgan fingerprint density at radius 3 is 2.85 bits per heavy atom. The summed E-state index contributed by atoms with van der Waals surface area (Å²) in [5.74, 6) is 1.57. The first-order chi connectivity index (χ1) is 9.83. The second kappa shape index (κ2) is 6.46. The Hall–Kier alpha value is -1.26. The first-order valence-electron chi connectivity index (χ1n) is 7.70. The van der Waals surface area contributed by atoms with Crippen molar-refractivity contribution < 1.29 is 0 Å². The second-order valence-electron chi connectivity index (χ2n) is 6.11. The zero-order valence-electron chi connectivity index (χ0n) is 12.2. The van der Waals surface area contributed by atoms with Crippen LogP contribution in [0.4, 0.5) is 0 Å². The standard InChI is InChI=1S/C16H24N4/c1-12(6-14-8-18-11-19-9-14)15-7-16(15)20-10-13-2-4-17-5-3-13/h6,8-9,11,13,15-17,20H,2-5,7,10H2,1H3/b12-6+. The van der Waals surface area contributed by atoms with Crippen molar-refractivity contribution in [1.29, 1.82) is 0 Å². The maximum Gasteiger partial charge on any atom is 0.115 e. The van der Waals surface area contributed by atoms with Crippen LogP contribution in [0.3, 0.4) is 0 Å². The molecule has 0 spiro atoms. The summed E-state index contributed by atoms with van der Waals surface area (Å²) in [5.41, 5.74) is 2.55. The summed E-state index contributed by atoms with van der Waals surface area (Å²) >= 11 is 0. The van der Waals surface area contributed by atoms with Gasteiger partial charge in [0, 0.05) is 24.0 Å². The average molecular weight is 272 g/mol. The quantitative estimate of drug-likeness (QED) is 0.859. The minimum absolute atomic E-state index is 0.686. The van der Waals surface area contributed by atoms with Gasteiger partial charge < -0.3 is 10.6 Å². The van der Waals surface area contributed by atoms with E-state index in [1.54, 1.807) is 6.33 Å². The lowest BCUT2D eigenvalue weighted by atomic mass is 9.98. The fourth-order valence-electron chi connectivity index (χ4n) is 3.08. The van der Waals surface area contributed by atoms with Crippen LogP contribution < -0.4 is 10.6 Å². The van der Waals surface area contributed by atoms with Gasteiger partial charge in [0.15, 0.2) is 0 Å². The lowest BCUT2D eigenvalue weighted by molar-refractivity contribution is 0.354. The molecular formula is C16H24N4. The normalized spacial score (nSPS) is 27.6. The number of nitrogens with one attached hydrogen (secondary N) is 2. The van der Waals surface area contributed by atoms with E-state index in [0.717, 1.165) is 11.5 Å². The zero-order valence-corrected chi connectivity index (χ0v) is 12.2. The molecule has 108 valence electrons. The molecule has 2 aliphatic rings. The average Bonchev–Trinajstić information content (AvgIpc) is 3.27. The molecular weight excluding hydrogens is 248 g/mol. The monoisotopic (exact) mass is 272 g/mol. The van der Waals surface area contributed by atoms with E-state index < -0.39 is 0 Å². The summed E-state index contributed by atoms with van der Waals surface area (Å²) in [7, 11) is 0. The van der Waals surface area contributed by atoms with Gasteiger partial charge in [-0.3, -0.25) is 0 Å². The molecule has 1 saturated heterocycles. The van der Waals surface area contributed by atoms with Crippen molar-refractivity contribution in [1.82, 2.24) is 20.6 Å². The molecule has 1 saturated carbocycles. The summed E-state index contributed by atoms with van der Waals surface area (Å²) in [5, 5.41) is 7.17. The van der Waals surface area contributed by atoms with Gasteiger partial charge in [0.2, 0.25) is 0 Å². The molecule has 2 fully saturated rings. The van der Waals surface area contributed by atoms with Crippen LogP contribution >= 0.6 is 0 Å². The van der Waals surface area contributed by atoms with E-state index in [0.29, 0.717) is 12.0 Å². The van der Waals surface area contributed by atoms with Crippen LogP contribution in [-0.2, 0) is 0 Å². The van der Waals surface area contributed by atoms with Crippen molar-refractivity contribution in [2.75, 3.05) is 19.6 Å². The summed E-state index contributed by atoms with van der Waals surface area (Å²) in [4.78, 5) is 8.11. The first kappa shape index (κ1) is 13.7. The van der Waals surface area contributed by atoms with Gasteiger partial charge in [-0.1, -0.05) is 11.6 Å². The summed E-state index contributed by atoms with van der Waals surface area (Å²) < 4.78 is 0. The van der Waals surface area contributed by atoms with E-state index in [-0.39, 0.29) is 0 Å². The van der Waals surface area contributed by atoms with Gasteiger partial charge in [-0.05, 0) is 57.7 Å². The molecule has 1 aliphatic heterocycles. The van der Waals surface area contributed by atoms with Gasteiger partial charge in [0.05, 0.1) is 0 Å². The van der Waals surface area contributed by atoms with Gasteiger partial charge >= 0.3 is 0 Å². The van der Waals surface area contributed by atoms with E-state index in [9.17, 15) is 0 Å².